The van der Waals surface area contributed by atoms with Crippen molar-refractivity contribution in [2.75, 3.05) is 0 Å². The SMILES string of the molecule is O=[N+]([O-])C(C([N+](=O)[O-])C(Cl)(Cl)Cl)C(Cl)(Cl)Cl. The molecule has 2 unspecified atom stereocenters. The predicted molar refractivity (Wildman–Crippen MR) is 62.1 cm³/mol. The lowest BCUT2D eigenvalue weighted by Crippen LogP contribution is -2.54. The highest BCUT2D eigenvalue weighted by molar-refractivity contribution is 6.69. The van der Waals surface area contributed by atoms with Crippen LogP contribution in [-0.2, 0) is 0 Å². The summed E-state index contributed by atoms with van der Waals surface area (Å²) in [5.41, 5.74) is 0. The highest BCUT2D eigenvalue weighted by Crippen LogP contribution is 2.42. The molecule has 0 aromatic carbocycles. The van der Waals surface area contributed by atoms with Crippen LogP contribution in [0.5, 0.6) is 0 Å². The molecular weight excluding hydrogens is 353 g/mol. The largest absolute Gasteiger partial charge is 0.329 e. The van der Waals surface area contributed by atoms with Gasteiger partial charge in [0.15, 0.2) is 0 Å². The number of halogens is 6. The van der Waals surface area contributed by atoms with Crippen molar-refractivity contribution >= 4 is 69.6 Å². The molecule has 0 amide bonds. The van der Waals surface area contributed by atoms with Crippen LogP contribution in [0, 0.1) is 20.2 Å². The van der Waals surface area contributed by atoms with E-state index in [4.69, 9.17) is 69.6 Å². The molecule has 0 aromatic rings. The summed E-state index contributed by atoms with van der Waals surface area (Å²) in [6.45, 7) is 0. The van der Waals surface area contributed by atoms with E-state index >= 15 is 0 Å². The van der Waals surface area contributed by atoms with Gasteiger partial charge >= 0.3 is 12.1 Å². The van der Waals surface area contributed by atoms with Gasteiger partial charge in [-0.1, -0.05) is 69.6 Å². The highest BCUT2D eigenvalue weighted by atomic mass is 35.6. The van der Waals surface area contributed by atoms with Gasteiger partial charge < -0.3 is 0 Å². The second-order valence-electron chi connectivity index (χ2n) is 2.54. The number of hydrogen-bond acceptors (Lipinski definition) is 4. The van der Waals surface area contributed by atoms with E-state index in [0.29, 0.717) is 0 Å². The predicted octanol–water partition coefficient (Wildman–Crippen LogP) is 3.02. The van der Waals surface area contributed by atoms with Crippen molar-refractivity contribution < 1.29 is 9.85 Å². The summed E-state index contributed by atoms with van der Waals surface area (Å²) >= 11 is 31.5. The van der Waals surface area contributed by atoms with Gasteiger partial charge in [0.05, 0.1) is 0 Å². The summed E-state index contributed by atoms with van der Waals surface area (Å²) in [6.07, 6.45) is 0. The first kappa shape index (κ1) is 16.5. The standard InChI is InChI=1S/C4H2Cl6N2O4/c5-3(6,7)1(11(13)14)2(12(15)16)4(8,9)10/h1-2H. The van der Waals surface area contributed by atoms with Crippen LogP contribution in [0.15, 0.2) is 0 Å². The fourth-order valence-electron chi connectivity index (χ4n) is 0.828. The molecule has 94 valence electrons. The molecule has 0 rings (SSSR count). The minimum Gasteiger partial charge on any atom is -0.264 e. The lowest BCUT2D eigenvalue weighted by atomic mass is 10.2. The third-order valence-corrected chi connectivity index (χ3v) is 2.77. The van der Waals surface area contributed by atoms with E-state index in [1.54, 1.807) is 0 Å². The Morgan fingerprint density at radius 3 is 1.00 bits per heavy atom. The van der Waals surface area contributed by atoms with Crippen LogP contribution in [0.1, 0.15) is 0 Å². The zero-order chi connectivity index (χ0) is 13.3. The normalized spacial score (nSPS) is 16.6. The van der Waals surface area contributed by atoms with E-state index in [1.807, 2.05) is 0 Å². The molecule has 0 N–H and O–H groups in total. The Morgan fingerprint density at radius 2 is 0.938 bits per heavy atom. The first-order chi connectivity index (χ1) is 6.89. The summed E-state index contributed by atoms with van der Waals surface area (Å²) in [7, 11) is 0. The molecule has 12 heteroatoms. The van der Waals surface area contributed by atoms with Crippen LogP contribution in [0.25, 0.3) is 0 Å². The van der Waals surface area contributed by atoms with Crippen LogP contribution >= 0.6 is 69.6 Å². The van der Waals surface area contributed by atoms with E-state index in [2.05, 4.69) is 0 Å². The smallest absolute Gasteiger partial charge is 0.264 e. The minimum atomic E-state index is -2.58. The first-order valence-corrected chi connectivity index (χ1v) is 5.56. The fourth-order valence-corrected chi connectivity index (χ4v) is 2.02. The van der Waals surface area contributed by atoms with Crippen molar-refractivity contribution in [1.29, 1.82) is 0 Å². The van der Waals surface area contributed by atoms with Crippen LogP contribution in [0.4, 0.5) is 0 Å². The van der Waals surface area contributed by atoms with Gasteiger partial charge in [-0.2, -0.15) is 0 Å². The van der Waals surface area contributed by atoms with Crippen LogP contribution in [0.3, 0.4) is 0 Å². The summed E-state index contributed by atoms with van der Waals surface area (Å²) in [5.74, 6) is 0. The molecule has 16 heavy (non-hydrogen) atoms. The number of nitrogens with zero attached hydrogens (tertiary/aromatic N) is 2. The summed E-state index contributed by atoms with van der Waals surface area (Å²) in [5, 5.41) is 21.2. The molecular formula is C4H2Cl6N2O4. The van der Waals surface area contributed by atoms with Crippen molar-refractivity contribution in [3.05, 3.63) is 20.2 Å². The topological polar surface area (TPSA) is 86.3 Å². The van der Waals surface area contributed by atoms with Crippen molar-refractivity contribution in [2.24, 2.45) is 0 Å². The molecule has 0 radical (unpaired) electrons. The molecule has 0 aliphatic rings. The highest BCUT2D eigenvalue weighted by Gasteiger charge is 2.63. The number of alkyl halides is 6. The van der Waals surface area contributed by atoms with Gasteiger partial charge in [0.2, 0.25) is 0 Å². The van der Waals surface area contributed by atoms with Gasteiger partial charge in [0.1, 0.15) is 0 Å². The fraction of sp³-hybridized carbons (Fsp3) is 1.00. The molecule has 0 aliphatic carbocycles. The lowest BCUT2D eigenvalue weighted by Gasteiger charge is -2.23. The number of hydrogen-bond donors (Lipinski definition) is 0. The van der Waals surface area contributed by atoms with Crippen molar-refractivity contribution in [3.8, 4) is 0 Å². The Labute approximate surface area is 119 Å². The number of rotatable bonds is 3. The average Bonchev–Trinajstić information content (AvgIpc) is 1.92. The van der Waals surface area contributed by atoms with E-state index in [-0.39, 0.29) is 0 Å². The van der Waals surface area contributed by atoms with E-state index in [9.17, 15) is 20.2 Å². The van der Waals surface area contributed by atoms with Crippen molar-refractivity contribution in [2.45, 2.75) is 19.7 Å². The van der Waals surface area contributed by atoms with Gasteiger partial charge in [-0.3, -0.25) is 20.2 Å². The Balaban J connectivity index is 5.48. The monoisotopic (exact) mass is 352 g/mol. The van der Waals surface area contributed by atoms with Gasteiger partial charge in [0.25, 0.3) is 7.59 Å². The van der Waals surface area contributed by atoms with Crippen LogP contribution in [-0.4, -0.2) is 29.5 Å². The van der Waals surface area contributed by atoms with Crippen molar-refractivity contribution in [1.82, 2.24) is 0 Å². The molecule has 0 saturated heterocycles. The minimum absolute atomic E-state index is 1.18. The van der Waals surface area contributed by atoms with E-state index < -0.39 is 29.5 Å². The maximum absolute atomic E-state index is 10.6. The second kappa shape index (κ2) is 5.46. The summed E-state index contributed by atoms with van der Waals surface area (Å²) < 4.78 is -5.16. The van der Waals surface area contributed by atoms with Gasteiger partial charge in [-0.25, -0.2) is 0 Å². The Hall–Kier alpha value is 0.540. The molecule has 0 aliphatic heterocycles. The van der Waals surface area contributed by atoms with Gasteiger partial charge in [-0.15, -0.1) is 0 Å². The molecule has 0 bridgehead atoms. The quantitative estimate of drug-likeness (QED) is 0.443. The maximum Gasteiger partial charge on any atom is 0.329 e. The Morgan fingerprint density at radius 1 is 0.750 bits per heavy atom. The average molecular weight is 355 g/mol. The van der Waals surface area contributed by atoms with E-state index in [1.165, 1.54) is 0 Å². The molecule has 0 spiro atoms. The van der Waals surface area contributed by atoms with Crippen molar-refractivity contribution in [3.63, 3.8) is 0 Å². The molecule has 0 heterocycles. The van der Waals surface area contributed by atoms with Crippen LogP contribution < -0.4 is 0 Å². The van der Waals surface area contributed by atoms with Gasteiger partial charge in [0, 0.05) is 9.85 Å². The summed E-state index contributed by atoms with van der Waals surface area (Å²) in [6, 6.07) is -4.58. The molecule has 0 fully saturated rings. The molecule has 0 saturated carbocycles. The third kappa shape index (κ3) is 4.43. The second-order valence-corrected chi connectivity index (χ2v) is 7.28. The van der Waals surface area contributed by atoms with E-state index in [0.717, 1.165) is 0 Å². The molecule has 6 nitrogen and oxygen atoms in total. The lowest BCUT2D eigenvalue weighted by molar-refractivity contribution is -0.615. The van der Waals surface area contributed by atoms with Crippen LogP contribution in [0.2, 0.25) is 0 Å². The maximum atomic E-state index is 10.6. The molecule has 2 atom stereocenters. The molecule has 0 aromatic heterocycles. The Kier molecular flexibility index (Phi) is 5.64. The number of nitro groups is 2. The Bertz CT molecular complexity index is 268. The first-order valence-electron chi connectivity index (χ1n) is 3.29. The summed E-state index contributed by atoms with van der Waals surface area (Å²) in [4.78, 5) is 18.9. The zero-order valence-corrected chi connectivity index (χ0v) is 11.5. The zero-order valence-electron chi connectivity index (χ0n) is 6.95. The van der Waals surface area contributed by atoms with Gasteiger partial charge in [-0.05, 0) is 0 Å². The third-order valence-electron chi connectivity index (χ3n) is 1.42.